The van der Waals surface area contributed by atoms with E-state index >= 15 is 0 Å². The van der Waals surface area contributed by atoms with Crippen LogP contribution in [-0.4, -0.2) is 25.0 Å². The highest BCUT2D eigenvalue weighted by molar-refractivity contribution is 6.30. The minimum atomic E-state index is -0.604. The lowest BCUT2D eigenvalue weighted by atomic mass is 10.2. The quantitative estimate of drug-likeness (QED) is 0.488. The molecule has 2 aromatic carbocycles. The number of rotatable bonds is 6. The molecule has 0 aliphatic rings. The Morgan fingerprint density at radius 3 is 2.56 bits per heavy atom. The van der Waals surface area contributed by atoms with Gasteiger partial charge in [-0.1, -0.05) is 54.1 Å². The van der Waals surface area contributed by atoms with Crippen LogP contribution in [-0.2, 0) is 24.4 Å². The number of fused-ring (bicyclic) bond motifs is 1. The molecule has 0 unspecified atom stereocenters. The van der Waals surface area contributed by atoms with Gasteiger partial charge < -0.3 is 5.32 Å². The minimum absolute atomic E-state index is 0.175. The molecule has 2 heterocycles. The van der Waals surface area contributed by atoms with Crippen molar-refractivity contribution in [3.63, 3.8) is 0 Å². The summed E-state index contributed by atoms with van der Waals surface area (Å²) >= 11 is 5.96. The fourth-order valence-electron chi connectivity index (χ4n) is 3.40. The third-order valence-electron chi connectivity index (χ3n) is 4.99. The molecule has 32 heavy (non-hydrogen) atoms. The maximum atomic E-state index is 13.0. The van der Waals surface area contributed by atoms with E-state index in [0.717, 1.165) is 15.7 Å². The summed E-state index contributed by atoms with van der Waals surface area (Å²) in [4.78, 5) is 47.2. The van der Waals surface area contributed by atoms with E-state index in [0.29, 0.717) is 10.8 Å². The summed E-state index contributed by atoms with van der Waals surface area (Å²) in [6, 6.07) is 16.4. The van der Waals surface area contributed by atoms with Gasteiger partial charge in [0.15, 0.2) is 11.5 Å². The van der Waals surface area contributed by atoms with Crippen molar-refractivity contribution >= 4 is 28.5 Å². The summed E-state index contributed by atoms with van der Waals surface area (Å²) in [5, 5.41) is 3.44. The standard InChI is InChI=1S/C23H20ClN5O3/c1-2-28-21-18(13-26-20(27-21)16-8-4-3-5-9-16)22(31)29(23(28)32)14-19(30)25-12-15-7-6-10-17(24)11-15/h3-11,13H,2,12,14H2,1H3,(H,25,30). The van der Waals surface area contributed by atoms with Crippen molar-refractivity contribution < 1.29 is 4.79 Å². The highest BCUT2D eigenvalue weighted by Gasteiger charge is 2.17. The van der Waals surface area contributed by atoms with Gasteiger partial charge in [-0.25, -0.2) is 14.8 Å². The van der Waals surface area contributed by atoms with Gasteiger partial charge in [-0.15, -0.1) is 0 Å². The number of aryl methyl sites for hydroxylation is 1. The molecule has 2 aromatic heterocycles. The van der Waals surface area contributed by atoms with E-state index in [1.165, 1.54) is 10.8 Å². The Morgan fingerprint density at radius 2 is 1.84 bits per heavy atom. The Kier molecular flexibility index (Phi) is 6.13. The molecule has 9 heteroatoms. The van der Waals surface area contributed by atoms with Gasteiger partial charge in [-0.2, -0.15) is 0 Å². The molecular formula is C23H20ClN5O3. The maximum Gasteiger partial charge on any atom is 0.333 e. The maximum absolute atomic E-state index is 13.0. The van der Waals surface area contributed by atoms with Crippen molar-refractivity contribution in [2.24, 2.45) is 0 Å². The molecule has 0 fully saturated rings. The third kappa shape index (κ3) is 4.31. The molecule has 1 amide bonds. The first-order valence-electron chi connectivity index (χ1n) is 10.0. The Balaban J connectivity index is 1.67. The molecule has 0 aliphatic heterocycles. The number of hydrogen-bond acceptors (Lipinski definition) is 5. The first kappa shape index (κ1) is 21.5. The van der Waals surface area contributed by atoms with Gasteiger partial charge in [0.2, 0.25) is 5.91 Å². The van der Waals surface area contributed by atoms with Crippen LogP contribution in [0.2, 0.25) is 5.02 Å². The summed E-state index contributed by atoms with van der Waals surface area (Å²) in [7, 11) is 0. The molecule has 0 saturated carbocycles. The van der Waals surface area contributed by atoms with Gasteiger partial charge in [-0.05, 0) is 24.6 Å². The molecule has 0 bridgehead atoms. The number of nitrogens with zero attached hydrogens (tertiary/aromatic N) is 4. The van der Waals surface area contributed by atoms with Crippen molar-refractivity contribution in [2.45, 2.75) is 26.6 Å². The zero-order chi connectivity index (χ0) is 22.7. The number of amides is 1. The van der Waals surface area contributed by atoms with Gasteiger partial charge >= 0.3 is 5.69 Å². The molecule has 8 nitrogen and oxygen atoms in total. The van der Waals surface area contributed by atoms with Crippen LogP contribution in [0.15, 0.2) is 70.4 Å². The summed E-state index contributed by atoms with van der Waals surface area (Å²) < 4.78 is 2.28. The van der Waals surface area contributed by atoms with E-state index in [-0.39, 0.29) is 24.1 Å². The van der Waals surface area contributed by atoms with Crippen LogP contribution >= 0.6 is 11.6 Å². The number of nitrogens with one attached hydrogen (secondary N) is 1. The zero-order valence-electron chi connectivity index (χ0n) is 17.3. The molecule has 0 spiro atoms. The van der Waals surface area contributed by atoms with Crippen molar-refractivity contribution in [3.05, 3.63) is 92.2 Å². The second-order valence-corrected chi connectivity index (χ2v) is 7.56. The zero-order valence-corrected chi connectivity index (χ0v) is 18.0. The smallest absolute Gasteiger partial charge is 0.333 e. The fraction of sp³-hybridized carbons (Fsp3) is 0.174. The molecule has 162 valence electrons. The van der Waals surface area contributed by atoms with Crippen LogP contribution in [0.4, 0.5) is 0 Å². The highest BCUT2D eigenvalue weighted by atomic mass is 35.5. The molecule has 0 aliphatic carbocycles. The van der Waals surface area contributed by atoms with Gasteiger partial charge in [0.1, 0.15) is 11.9 Å². The van der Waals surface area contributed by atoms with Crippen molar-refractivity contribution in [3.8, 4) is 11.4 Å². The second kappa shape index (κ2) is 9.15. The van der Waals surface area contributed by atoms with Crippen molar-refractivity contribution in [1.29, 1.82) is 0 Å². The fourth-order valence-corrected chi connectivity index (χ4v) is 3.61. The Morgan fingerprint density at radius 1 is 1.06 bits per heavy atom. The van der Waals surface area contributed by atoms with Crippen LogP contribution in [0.5, 0.6) is 0 Å². The van der Waals surface area contributed by atoms with E-state index in [9.17, 15) is 14.4 Å². The van der Waals surface area contributed by atoms with E-state index < -0.39 is 23.7 Å². The van der Waals surface area contributed by atoms with E-state index in [2.05, 4.69) is 15.3 Å². The van der Waals surface area contributed by atoms with Gasteiger partial charge in [0.05, 0.1) is 0 Å². The normalized spacial score (nSPS) is 10.9. The monoisotopic (exact) mass is 449 g/mol. The van der Waals surface area contributed by atoms with Crippen molar-refractivity contribution in [2.75, 3.05) is 0 Å². The van der Waals surface area contributed by atoms with Crippen LogP contribution in [0, 0.1) is 0 Å². The summed E-state index contributed by atoms with van der Waals surface area (Å²) in [6.45, 7) is 1.88. The summed E-state index contributed by atoms with van der Waals surface area (Å²) in [5.74, 6) is -0.0517. The average molecular weight is 450 g/mol. The van der Waals surface area contributed by atoms with Crippen molar-refractivity contribution in [1.82, 2.24) is 24.4 Å². The lowest BCUT2D eigenvalue weighted by molar-refractivity contribution is -0.121. The number of aromatic nitrogens is 4. The number of benzene rings is 2. The molecule has 4 rings (SSSR count). The van der Waals surface area contributed by atoms with Crippen LogP contribution in [0.3, 0.4) is 0 Å². The molecule has 4 aromatic rings. The molecule has 0 atom stereocenters. The number of halogens is 1. The molecule has 1 N–H and O–H groups in total. The van der Waals surface area contributed by atoms with Crippen LogP contribution in [0.25, 0.3) is 22.4 Å². The summed E-state index contributed by atoms with van der Waals surface area (Å²) in [6.07, 6.45) is 1.40. The number of carbonyl (C=O) groups is 1. The van der Waals surface area contributed by atoms with Gasteiger partial charge in [0.25, 0.3) is 5.56 Å². The molecule has 0 saturated heterocycles. The number of carbonyl (C=O) groups excluding carboxylic acids is 1. The first-order valence-corrected chi connectivity index (χ1v) is 10.4. The summed E-state index contributed by atoms with van der Waals surface area (Å²) in [5.41, 5.74) is 0.623. The average Bonchev–Trinajstić information content (AvgIpc) is 2.81. The largest absolute Gasteiger partial charge is 0.350 e. The third-order valence-corrected chi connectivity index (χ3v) is 5.23. The minimum Gasteiger partial charge on any atom is -0.350 e. The predicted molar refractivity (Wildman–Crippen MR) is 122 cm³/mol. The van der Waals surface area contributed by atoms with Crippen LogP contribution < -0.4 is 16.6 Å². The second-order valence-electron chi connectivity index (χ2n) is 7.12. The lowest BCUT2D eigenvalue weighted by Crippen LogP contribution is -2.44. The molecular weight excluding hydrogens is 430 g/mol. The Bertz CT molecular complexity index is 1410. The molecule has 0 radical (unpaired) electrons. The van der Waals surface area contributed by atoms with E-state index in [1.54, 1.807) is 25.1 Å². The van der Waals surface area contributed by atoms with Gasteiger partial charge in [0, 0.05) is 29.9 Å². The SMILES string of the molecule is CCn1c(=O)n(CC(=O)NCc2cccc(Cl)c2)c(=O)c2cnc(-c3ccccc3)nc21. The number of hydrogen-bond donors (Lipinski definition) is 1. The predicted octanol–water partition coefficient (Wildman–Crippen LogP) is 2.61. The highest BCUT2D eigenvalue weighted by Crippen LogP contribution is 2.16. The lowest BCUT2D eigenvalue weighted by Gasteiger charge is -2.13. The first-order chi connectivity index (χ1) is 15.5. The van der Waals surface area contributed by atoms with Crippen LogP contribution in [0.1, 0.15) is 12.5 Å². The van der Waals surface area contributed by atoms with E-state index in [1.807, 2.05) is 36.4 Å². The van der Waals surface area contributed by atoms with E-state index in [4.69, 9.17) is 11.6 Å². The Hall–Kier alpha value is -3.78. The topological polar surface area (TPSA) is 98.9 Å². The Labute approximate surface area is 188 Å². The van der Waals surface area contributed by atoms with Gasteiger partial charge in [-0.3, -0.25) is 18.7 Å².